The first-order valence-electron chi connectivity index (χ1n) is 10.8. The van der Waals surface area contributed by atoms with Crippen molar-refractivity contribution in [3.05, 3.63) is 95.1 Å². The Kier molecular flexibility index (Phi) is 4.56. The Labute approximate surface area is 188 Å². The molecule has 0 aromatic heterocycles. The fourth-order valence-corrected chi connectivity index (χ4v) is 4.29. The number of hydrogen-bond acceptors (Lipinski definition) is 3. The molecule has 0 bridgehead atoms. The number of nitrogens with zero attached hydrogens (tertiary/aromatic N) is 4. The summed E-state index contributed by atoms with van der Waals surface area (Å²) in [5, 5.41) is 9.51. The van der Waals surface area contributed by atoms with Gasteiger partial charge < -0.3 is 4.90 Å². The van der Waals surface area contributed by atoms with Crippen LogP contribution in [0.2, 0.25) is 0 Å². The zero-order chi connectivity index (χ0) is 22.5. The van der Waals surface area contributed by atoms with Crippen molar-refractivity contribution >= 4 is 34.2 Å². The molecule has 0 spiro atoms. The molecule has 0 aliphatic carbocycles. The normalized spacial score (nSPS) is 16.2. The van der Waals surface area contributed by atoms with Gasteiger partial charge in [-0.3, -0.25) is 0 Å². The maximum Gasteiger partial charge on any atom is 0.144 e. The second-order valence-corrected chi connectivity index (χ2v) is 9.17. The lowest BCUT2D eigenvalue weighted by atomic mass is 9.95. The fourth-order valence-electron chi connectivity index (χ4n) is 4.29. The van der Waals surface area contributed by atoms with Crippen LogP contribution in [0.5, 0.6) is 0 Å². The van der Waals surface area contributed by atoms with Crippen molar-refractivity contribution in [2.75, 3.05) is 0 Å². The van der Waals surface area contributed by atoms with Crippen LogP contribution in [0.3, 0.4) is 0 Å². The molecule has 0 radical (unpaired) electrons. The Morgan fingerprint density at radius 1 is 0.906 bits per heavy atom. The van der Waals surface area contributed by atoms with Crippen molar-refractivity contribution in [3.63, 3.8) is 0 Å². The highest BCUT2D eigenvalue weighted by Gasteiger charge is 2.44. The van der Waals surface area contributed by atoms with Crippen molar-refractivity contribution in [1.82, 2.24) is 4.90 Å². The Balaban J connectivity index is 1.83. The minimum Gasteiger partial charge on any atom is -0.305 e. The van der Waals surface area contributed by atoms with Crippen molar-refractivity contribution in [2.24, 2.45) is 9.98 Å². The summed E-state index contributed by atoms with van der Waals surface area (Å²) in [6, 6.07) is 26.6. The van der Waals surface area contributed by atoms with Crippen LogP contribution in [0.15, 0.2) is 82.8 Å². The van der Waals surface area contributed by atoms with Gasteiger partial charge in [0.15, 0.2) is 0 Å². The van der Waals surface area contributed by atoms with Gasteiger partial charge in [0.05, 0.1) is 23.0 Å². The molecular formula is C28H24N4. The second-order valence-electron chi connectivity index (χ2n) is 9.17. The van der Waals surface area contributed by atoms with Gasteiger partial charge >= 0.3 is 0 Å². The lowest BCUT2D eigenvalue weighted by Crippen LogP contribution is -2.46. The first kappa shape index (κ1) is 20.0. The first-order chi connectivity index (χ1) is 15.4. The van der Waals surface area contributed by atoms with E-state index in [0.717, 1.165) is 45.3 Å². The van der Waals surface area contributed by atoms with Gasteiger partial charge in [0.25, 0.3) is 0 Å². The van der Waals surface area contributed by atoms with E-state index in [0.29, 0.717) is 5.56 Å². The number of amidine groups is 2. The van der Waals surface area contributed by atoms with Gasteiger partial charge in [0.2, 0.25) is 0 Å². The van der Waals surface area contributed by atoms with Gasteiger partial charge in [-0.05, 0) is 63.6 Å². The van der Waals surface area contributed by atoms with Gasteiger partial charge in [-0.1, -0.05) is 48.0 Å². The maximum absolute atomic E-state index is 9.51. The third-order valence-electron chi connectivity index (χ3n) is 5.74. The van der Waals surface area contributed by atoms with E-state index in [-0.39, 0.29) is 5.54 Å². The van der Waals surface area contributed by atoms with Crippen LogP contribution < -0.4 is 0 Å². The molecular weight excluding hydrogens is 392 g/mol. The molecule has 4 heteroatoms. The molecule has 32 heavy (non-hydrogen) atoms. The summed E-state index contributed by atoms with van der Waals surface area (Å²) in [5.74, 6) is 1.78. The number of nitriles is 1. The summed E-state index contributed by atoms with van der Waals surface area (Å²) in [5.41, 5.74) is 7.55. The summed E-state index contributed by atoms with van der Waals surface area (Å²) in [4.78, 5) is 12.4. The van der Waals surface area contributed by atoms with Crippen molar-refractivity contribution in [2.45, 2.75) is 33.2 Å². The summed E-state index contributed by atoms with van der Waals surface area (Å²) < 4.78 is 0. The highest BCUT2D eigenvalue weighted by Crippen LogP contribution is 2.48. The van der Waals surface area contributed by atoms with E-state index in [1.165, 1.54) is 5.56 Å². The molecule has 156 valence electrons. The van der Waals surface area contributed by atoms with Crippen LogP contribution in [0.25, 0.3) is 11.1 Å². The highest BCUT2D eigenvalue weighted by atomic mass is 15.3. The fraction of sp³-hybridized carbons (Fsp3) is 0.179. The molecule has 0 atom stereocenters. The molecule has 4 nitrogen and oxygen atoms in total. The maximum atomic E-state index is 9.51. The molecule has 2 aliphatic heterocycles. The van der Waals surface area contributed by atoms with Crippen LogP contribution in [0.4, 0.5) is 11.4 Å². The lowest BCUT2D eigenvalue weighted by Gasteiger charge is -2.34. The van der Waals surface area contributed by atoms with E-state index in [2.05, 4.69) is 62.9 Å². The Bertz CT molecular complexity index is 1350. The molecule has 5 rings (SSSR count). The van der Waals surface area contributed by atoms with Crippen LogP contribution >= 0.6 is 0 Å². The van der Waals surface area contributed by atoms with E-state index in [9.17, 15) is 5.26 Å². The van der Waals surface area contributed by atoms with Crippen molar-refractivity contribution < 1.29 is 0 Å². The van der Waals surface area contributed by atoms with Gasteiger partial charge in [-0.15, -0.1) is 0 Å². The minimum absolute atomic E-state index is 0.246. The third kappa shape index (κ3) is 3.23. The number of aryl methyl sites for hydroxylation is 1. The van der Waals surface area contributed by atoms with E-state index in [1.807, 2.05) is 48.5 Å². The van der Waals surface area contributed by atoms with E-state index < -0.39 is 0 Å². The SMILES string of the molecule is Cc1ccc(N=C2C(c3ccccc3)=C3C(=Nc4ccc(C#N)cc43)N2C(C)(C)C)cc1. The van der Waals surface area contributed by atoms with Gasteiger partial charge in [0.1, 0.15) is 11.7 Å². The van der Waals surface area contributed by atoms with Crippen LogP contribution in [0.1, 0.15) is 43.0 Å². The number of fused-ring (bicyclic) bond motifs is 3. The lowest BCUT2D eigenvalue weighted by molar-refractivity contribution is 0.350. The predicted molar refractivity (Wildman–Crippen MR) is 131 cm³/mol. The molecule has 0 saturated heterocycles. The molecule has 0 N–H and O–H groups in total. The van der Waals surface area contributed by atoms with Crippen molar-refractivity contribution in [3.8, 4) is 6.07 Å². The molecule has 3 aromatic carbocycles. The summed E-state index contributed by atoms with van der Waals surface area (Å²) in [6.07, 6.45) is 0. The van der Waals surface area contributed by atoms with Crippen LogP contribution in [-0.2, 0) is 0 Å². The van der Waals surface area contributed by atoms with Gasteiger partial charge in [-0.25, -0.2) is 9.98 Å². The number of benzene rings is 3. The topological polar surface area (TPSA) is 51.8 Å². The molecule has 3 aromatic rings. The zero-order valence-corrected chi connectivity index (χ0v) is 18.7. The molecule has 0 saturated carbocycles. The first-order valence-corrected chi connectivity index (χ1v) is 10.8. The Morgan fingerprint density at radius 3 is 2.28 bits per heavy atom. The van der Waals surface area contributed by atoms with Crippen LogP contribution in [0, 0.1) is 18.3 Å². The van der Waals surface area contributed by atoms with Crippen LogP contribution in [-0.4, -0.2) is 22.1 Å². The monoisotopic (exact) mass is 416 g/mol. The van der Waals surface area contributed by atoms with E-state index in [1.54, 1.807) is 0 Å². The predicted octanol–water partition coefficient (Wildman–Crippen LogP) is 6.67. The smallest absolute Gasteiger partial charge is 0.144 e. The Hall–Kier alpha value is -3.97. The largest absolute Gasteiger partial charge is 0.305 e. The summed E-state index contributed by atoms with van der Waals surface area (Å²) in [6.45, 7) is 8.61. The van der Waals surface area contributed by atoms with Gasteiger partial charge in [0, 0.05) is 22.2 Å². The number of rotatable bonds is 2. The molecule has 0 unspecified atom stereocenters. The second kappa shape index (κ2) is 7.32. The zero-order valence-electron chi connectivity index (χ0n) is 18.7. The molecule has 2 aliphatic rings. The molecule has 0 amide bonds. The summed E-state index contributed by atoms with van der Waals surface area (Å²) in [7, 11) is 0. The van der Waals surface area contributed by atoms with E-state index in [4.69, 9.17) is 9.98 Å². The standard InChI is InChI=1S/C28H24N4/c1-18-10-13-21(14-11-18)30-26-24(20-8-6-5-7-9-20)25-22-16-19(17-29)12-15-23(22)31-27(25)32(26)28(2,3)4/h5-16H,1-4H3. The summed E-state index contributed by atoms with van der Waals surface area (Å²) >= 11 is 0. The third-order valence-corrected chi connectivity index (χ3v) is 5.74. The number of hydrogen-bond donors (Lipinski definition) is 0. The van der Waals surface area contributed by atoms with Gasteiger partial charge in [-0.2, -0.15) is 5.26 Å². The average molecular weight is 417 g/mol. The Morgan fingerprint density at radius 2 is 1.62 bits per heavy atom. The number of aliphatic imine (C=N–C) groups is 2. The quantitative estimate of drug-likeness (QED) is 0.469. The molecule has 2 heterocycles. The average Bonchev–Trinajstić information content (AvgIpc) is 3.28. The molecule has 0 fully saturated rings. The highest BCUT2D eigenvalue weighted by molar-refractivity contribution is 6.53. The minimum atomic E-state index is -0.246. The van der Waals surface area contributed by atoms with Crippen molar-refractivity contribution in [1.29, 1.82) is 5.26 Å². The van der Waals surface area contributed by atoms with E-state index >= 15 is 0 Å².